The van der Waals surface area contributed by atoms with Crippen molar-refractivity contribution >= 4 is 5.91 Å². The van der Waals surface area contributed by atoms with Crippen LogP contribution in [-0.2, 0) is 20.7 Å². The lowest BCUT2D eigenvalue weighted by Gasteiger charge is -2.39. The van der Waals surface area contributed by atoms with Crippen molar-refractivity contribution in [3.05, 3.63) is 35.0 Å². The SMILES string of the molecule is CC(C)c1[nH]nc(O[C@@H]2O[C@H](CO)[C@@H](O)[C@H](O)[C@H]2O)c1Cc1ccc(OCCCCC(C)(C)C(N)=O)cc1OC1CCOCC1. The molecule has 13 nitrogen and oxygen atoms in total. The van der Waals surface area contributed by atoms with E-state index in [0.29, 0.717) is 49.7 Å². The van der Waals surface area contributed by atoms with Crippen molar-refractivity contribution in [3.8, 4) is 17.4 Å². The van der Waals surface area contributed by atoms with Crippen LogP contribution in [0.3, 0.4) is 0 Å². The Morgan fingerprint density at radius 3 is 2.51 bits per heavy atom. The summed E-state index contributed by atoms with van der Waals surface area (Å²) in [7, 11) is 0. The second-order valence-corrected chi connectivity index (χ2v) is 12.8. The lowest BCUT2D eigenvalue weighted by atomic mass is 9.86. The lowest BCUT2D eigenvalue weighted by molar-refractivity contribution is -0.278. The summed E-state index contributed by atoms with van der Waals surface area (Å²) in [5.41, 5.74) is 7.32. The molecule has 2 fully saturated rings. The van der Waals surface area contributed by atoms with Gasteiger partial charge in [0.15, 0.2) is 0 Å². The molecule has 0 saturated carbocycles. The number of nitrogens with one attached hydrogen (secondary N) is 1. The molecule has 7 N–H and O–H groups in total. The molecule has 2 aliphatic heterocycles. The number of aromatic amines is 1. The van der Waals surface area contributed by atoms with Gasteiger partial charge in [0.25, 0.3) is 0 Å². The van der Waals surface area contributed by atoms with Crippen LogP contribution in [0.2, 0.25) is 0 Å². The van der Waals surface area contributed by atoms with Gasteiger partial charge in [-0.15, -0.1) is 5.10 Å². The molecule has 2 aliphatic rings. The Labute approximate surface area is 264 Å². The van der Waals surface area contributed by atoms with Gasteiger partial charge in [0, 0.05) is 42.0 Å². The van der Waals surface area contributed by atoms with Crippen LogP contribution >= 0.6 is 0 Å². The highest BCUT2D eigenvalue weighted by molar-refractivity contribution is 5.79. The van der Waals surface area contributed by atoms with E-state index in [0.717, 1.165) is 36.9 Å². The van der Waals surface area contributed by atoms with E-state index in [1.807, 2.05) is 45.9 Å². The first-order chi connectivity index (χ1) is 21.4. The van der Waals surface area contributed by atoms with E-state index in [2.05, 4.69) is 10.2 Å². The Bertz CT molecular complexity index is 1240. The number of aromatic nitrogens is 2. The second-order valence-electron chi connectivity index (χ2n) is 12.8. The van der Waals surface area contributed by atoms with Gasteiger partial charge in [-0.1, -0.05) is 33.8 Å². The number of H-pyrrole nitrogens is 1. The van der Waals surface area contributed by atoms with Gasteiger partial charge in [-0.25, -0.2) is 0 Å². The van der Waals surface area contributed by atoms with Crippen LogP contribution in [0.15, 0.2) is 18.2 Å². The van der Waals surface area contributed by atoms with E-state index in [1.54, 1.807) is 0 Å². The number of aliphatic hydroxyl groups is 4. The number of hydrogen-bond donors (Lipinski definition) is 6. The predicted molar refractivity (Wildman–Crippen MR) is 163 cm³/mol. The zero-order chi connectivity index (χ0) is 32.7. The maximum Gasteiger partial charge on any atom is 0.238 e. The van der Waals surface area contributed by atoms with Crippen LogP contribution in [-0.4, -0.2) is 99.8 Å². The van der Waals surface area contributed by atoms with Crippen molar-refractivity contribution in [2.75, 3.05) is 26.4 Å². The normalized spacial score (nSPS) is 24.5. The fourth-order valence-electron chi connectivity index (χ4n) is 5.41. The van der Waals surface area contributed by atoms with Gasteiger partial charge >= 0.3 is 0 Å². The van der Waals surface area contributed by atoms with E-state index in [4.69, 9.17) is 29.4 Å². The molecular formula is C32H49N3O10. The van der Waals surface area contributed by atoms with Crippen LogP contribution in [0.4, 0.5) is 0 Å². The molecule has 3 heterocycles. The van der Waals surface area contributed by atoms with Crippen molar-refractivity contribution in [1.29, 1.82) is 0 Å². The first-order valence-corrected chi connectivity index (χ1v) is 15.8. The van der Waals surface area contributed by atoms with E-state index in [1.165, 1.54) is 0 Å². The first-order valence-electron chi connectivity index (χ1n) is 15.8. The van der Waals surface area contributed by atoms with Crippen LogP contribution in [0.25, 0.3) is 0 Å². The van der Waals surface area contributed by atoms with Gasteiger partial charge in [0.1, 0.15) is 42.0 Å². The molecule has 1 aromatic carbocycles. The first kappa shape index (κ1) is 34.9. The van der Waals surface area contributed by atoms with Crippen molar-refractivity contribution < 1.29 is 48.9 Å². The fraction of sp³-hybridized carbons (Fsp3) is 0.688. The van der Waals surface area contributed by atoms with Gasteiger partial charge in [-0.05, 0) is 36.8 Å². The van der Waals surface area contributed by atoms with Gasteiger partial charge in [-0.2, -0.15) is 0 Å². The molecule has 0 unspecified atom stereocenters. The molecule has 1 aromatic heterocycles. The van der Waals surface area contributed by atoms with Crippen LogP contribution in [0, 0.1) is 5.41 Å². The molecule has 5 atom stereocenters. The highest BCUT2D eigenvalue weighted by atomic mass is 16.7. The van der Waals surface area contributed by atoms with E-state index in [9.17, 15) is 25.2 Å². The summed E-state index contributed by atoms with van der Waals surface area (Å²) in [4.78, 5) is 11.6. The number of amides is 1. The maximum atomic E-state index is 11.6. The minimum Gasteiger partial charge on any atom is -0.493 e. The Morgan fingerprint density at radius 1 is 1.11 bits per heavy atom. The molecule has 2 saturated heterocycles. The van der Waals surface area contributed by atoms with Crippen molar-refractivity contribution in [3.63, 3.8) is 0 Å². The third kappa shape index (κ3) is 8.87. The summed E-state index contributed by atoms with van der Waals surface area (Å²) >= 11 is 0. The van der Waals surface area contributed by atoms with Crippen LogP contribution in [0.5, 0.6) is 17.4 Å². The summed E-state index contributed by atoms with van der Waals surface area (Å²) in [6.07, 6.45) is -3.03. The smallest absolute Gasteiger partial charge is 0.238 e. The molecule has 0 bridgehead atoms. The third-order valence-electron chi connectivity index (χ3n) is 8.51. The van der Waals surface area contributed by atoms with Crippen LogP contribution < -0.4 is 19.9 Å². The van der Waals surface area contributed by atoms with Crippen molar-refractivity contribution in [2.45, 2.75) is 109 Å². The topological polar surface area (TPSA) is 199 Å². The van der Waals surface area contributed by atoms with E-state index < -0.39 is 42.7 Å². The van der Waals surface area contributed by atoms with Crippen molar-refractivity contribution in [2.24, 2.45) is 11.1 Å². The summed E-state index contributed by atoms with van der Waals surface area (Å²) < 4.78 is 29.6. The Kier molecular flexibility index (Phi) is 12.1. The number of rotatable bonds is 15. The molecule has 0 radical (unpaired) electrons. The third-order valence-corrected chi connectivity index (χ3v) is 8.51. The quantitative estimate of drug-likeness (QED) is 0.156. The molecule has 0 spiro atoms. The highest BCUT2D eigenvalue weighted by Crippen LogP contribution is 2.35. The van der Waals surface area contributed by atoms with Crippen LogP contribution in [0.1, 0.15) is 82.5 Å². The molecule has 45 heavy (non-hydrogen) atoms. The number of carbonyl (C=O) groups excluding carboxylic acids is 1. The minimum atomic E-state index is -1.57. The predicted octanol–water partition coefficient (Wildman–Crippen LogP) is 1.92. The lowest BCUT2D eigenvalue weighted by Crippen LogP contribution is -2.60. The summed E-state index contributed by atoms with van der Waals surface area (Å²) in [5, 5.41) is 48.0. The summed E-state index contributed by atoms with van der Waals surface area (Å²) in [6.45, 7) is 8.86. The maximum absolute atomic E-state index is 11.6. The number of carbonyl (C=O) groups is 1. The molecule has 1 amide bonds. The van der Waals surface area contributed by atoms with Gasteiger partial charge in [-0.3, -0.25) is 9.89 Å². The number of unbranched alkanes of at least 4 members (excludes halogenated alkanes) is 1. The average Bonchev–Trinajstić information content (AvgIpc) is 3.40. The number of aliphatic hydroxyl groups excluding tert-OH is 4. The standard InChI is InChI=1S/C32H49N3O10/c1-18(2)25-22(29(35-34-25)45-30-28(39)27(38)26(37)24(17-36)44-30)15-19-7-8-21(16-23(19)43-20-9-13-41-14-10-20)42-12-6-5-11-32(3,4)31(33)40/h7-8,16,18,20,24,26-28,30,36-39H,5-6,9-15,17H2,1-4H3,(H2,33,40)(H,34,35)/t24-,26-,27+,28-,30+/m1/s1. The number of primary amides is 1. The van der Waals surface area contributed by atoms with Gasteiger partial charge in [0.05, 0.1) is 26.4 Å². The average molecular weight is 636 g/mol. The zero-order valence-electron chi connectivity index (χ0n) is 26.6. The highest BCUT2D eigenvalue weighted by Gasteiger charge is 2.45. The van der Waals surface area contributed by atoms with Crippen molar-refractivity contribution in [1.82, 2.24) is 10.2 Å². The molecule has 4 rings (SSSR count). The summed E-state index contributed by atoms with van der Waals surface area (Å²) in [5.74, 6) is 1.21. The Morgan fingerprint density at radius 2 is 1.84 bits per heavy atom. The monoisotopic (exact) mass is 635 g/mol. The molecule has 2 aromatic rings. The fourth-order valence-corrected chi connectivity index (χ4v) is 5.41. The molecule has 13 heteroatoms. The second kappa shape index (κ2) is 15.6. The largest absolute Gasteiger partial charge is 0.493 e. The molecular weight excluding hydrogens is 586 g/mol. The van der Waals surface area contributed by atoms with E-state index >= 15 is 0 Å². The Balaban J connectivity index is 1.54. The van der Waals surface area contributed by atoms with Gasteiger partial charge in [0.2, 0.25) is 18.1 Å². The Hall–Kier alpha value is -2.94. The number of nitrogens with two attached hydrogens (primary N) is 1. The summed E-state index contributed by atoms with van der Waals surface area (Å²) in [6, 6.07) is 5.70. The molecule has 252 valence electrons. The number of hydrogen-bond acceptors (Lipinski definition) is 11. The van der Waals surface area contributed by atoms with E-state index in [-0.39, 0.29) is 23.8 Å². The number of nitrogens with zero attached hydrogens (tertiary/aromatic N) is 1. The number of benzene rings is 1. The molecule has 0 aliphatic carbocycles. The zero-order valence-corrected chi connectivity index (χ0v) is 26.6. The number of ether oxygens (including phenoxy) is 5. The minimum absolute atomic E-state index is 0.0254. The van der Waals surface area contributed by atoms with Gasteiger partial charge < -0.3 is 49.8 Å².